The second-order valence-corrected chi connectivity index (χ2v) is 8.26. The van der Waals surface area contributed by atoms with Crippen LogP contribution in [0, 0.1) is 6.92 Å². The summed E-state index contributed by atoms with van der Waals surface area (Å²) < 4.78 is 27.3. The number of carbonyl (C=O) groups is 1. The topological polar surface area (TPSA) is 84.3 Å². The number of amides is 1. The van der Waals surface area contributed by atoms with Crippen molar-refractivity contribution in [3.63, 3.8) is 0 Å². The van der Waals surface area contributed by atoms with Gasteiger partial charge in [0, 0.05) is 18.9 Å². The molecular weight excluding hydrogens is 376 g/mol. The molecule has 0 spiro atoms. The summed E-state index contributed by atoms with van der Waals surface area (Å²) in [5, 5.41) is 2.81. The zero-order chi connectivity index (χ0) is 20.1. The number of aryl methyl sites for hydroxylation is 1. The average molecular weight is 398 g/mol. The van der Waals surface area contributed by atoms with Crippen LogP contribution in [0.1, 0.15) is 11.4 Å². The molecule has 0 atom stereocenters. The number of anilines is 1. The SMILES string of the molecule is Cc1nccn1-c1ccccc1CNC(=O)CN(c1ccccc1)S(C)(=O)=O. The number of carbonyl (C=O) groups excluding carboxylic acids is 1. The third-order valence-electron chi connectivity index (χ3n) is 4.28. The lowest BCUT2D eigenvalue weighted by Gasteiger charge is -2.22. The molecule has 0 saturated heterocycles. The predicted molar refractivity (Wildman–Crippen MR) is 109 cm³/mol. The Balaban J connectivity index is 1.74. The van der Waals surface area contributed by atoms with Gasteiger partial charge in [-0.2, -0.15) is 0 Å². The highest BCUT2D eigenvalue weighted by molar-refractivity contribution is 7.92. The zero-order valence-corrected chi connectivity index (χ0v) is 16.6. The van der Waals surface area contributed by atoms with Gasteiger partial charge in [0.1, 0.15) is 12.4 Å². The first-order valence-corrected chi connectivity index (χ1v) is 10.6. The molecule has 3 aromatic rings. The van der Waals surface area contributed by atoms with E-state index >= 15 is 0 Å². The van der Waals surface area contributed by atoms with Crippen molar-refractivity contribution < 1.29 is 13.2 Å². The summed E-state index contributed by atoms with van der Waals surface area (Å²) in [6, 6.07) is 16.2. The van der Waals surface area contributed by atoms with Gasteiger partial charge >= 0.3 is 0 Å². The third kappa shape index (κ3) is 4.58. The third-order valence-corrected chi connectivity index (χ3v) is 5.43. The van der Waals surface area contributed by atoms with Crippen LogP contribution in [0.25, 0.3) is 5.69 Å². The Morgan fingerprint density at radius 3 is 2.43 bits per heavy atom. The minimum atomic E-state index is -3.59. The van der Waals surface area contributed by atoms with Gasteiger partial charge < -0.3 is 9.88 Å². The molecule has 0 aliphatic heterocycles. The van der Waals surface area contributed by atoms with Crippen LogP contribution in [0.3, 0.4) is 0 Å². The van der Waals surface area contributed by atoms with Crippen molar-refractivity contribution in [2.24, 2.45) is 0 Å². The molecule has 0 radical (unpaired) electrons. The van der Waals surface area contributed by atoms with Crippen LogP contribution in [0.4, 0.5) is 5.69 Å². The van der Waals surface area contributed by atoms with Crippen molar-refractivity contribution >= 4 is 21.6 Å². The van der Waals surface area contributed by atoms with Crippen LogP contribution in [0.5, 0.6) is 0 Å². The first-order valence-electron chi connectivity index (χ1n) is 8.74. The van der Waals surface area contributed by atoms with Crippen LogP contribution >= 0.6 is 0 Å². The van der Waals surface area contributed by atoms with Crippen molar-refractivity contribution in [3.05, 3.63) is 78.4 Å². The summed E-state index contributed by atoms with van der Waals surface area (Å²) >= 11 is 0. The fraction of sp³-hybridized carbons (Fsp3) is 0.200. The summed E-state index contributed by atoms with van der Waals surface area (Å²) in [4.78, 5) is 16.7. The Bertz CT molecular complexity index is 1060. The largest absolute Gasteiger partial charge is 0.350 e. The van der Waals surface area contributed by atoms with E-state index < -0.39 is 10.0 Å². The summed E-state index contributed by atoms with van der Waals surface area (Å²) in [6.45, 7) is 1.90. The molecule has 0 unspecified atom stereocenters. The second kappa shape index (κ2) is 8.26. The Hall–Kier alpha value is -3.13. The van der Waals surface area contributed by atoms with Crippen LogP contribution in [0.15, 0.2) is 67.0 Å². The first kappa shape index (κ1) is 19.6. The van der Waals surface area contributed by atoms with Gasteiger partial charge in [0.15, 0.2) is 0 Å². The number of benzene rings is 2. The van der Waals surface area contributed by atoms with E-state index in [0.717, 1.165) is 27.6 Å². The number of sulfonamides is 1. The minimum Gasteiger partial charge on any atom is -0.350 e. The van der Waals surface area contributed by atoms with Gasteiger partial charge in [-0.25, -0.2) is 13.4 Å². The van der Waals surface area contributed by atoms with E-state index in [4.69, 9.17) is 0 Å². The van der Waals surface area contributed by atoms with Crippen molar-refractivity contribution in [1.82, 2.24) is 14.9 Å². The molecule has 1 amide bonds. The van der Waals surface area contributed by atoms with E-state index in [1.807, 2.05) is 42.0 Å². The van der Waals surface area contributed by atoms with Gasteiger partial charge in [-0.15, -0.1) is 0 Å². The van der Waals surface area contributed by atoms with Crippen LogP contribution in [0.2, 0.25) is 0 Å². The minimum absolute atomic E-state index is 0.277. The molecule has 0 bridgehead atoms. The smallest absolute Gasteiger partial charge is 0.241 e. The zero-order valence-electron chi connectivity index (χ0n) is 15.7. The van der Waals surface area contributed by atoms with E-state index in [9.17, 15) is 13.2 Å². The highest BCUT2D eigenvalue weighted by Gasteiger charge is 2.20. The van der Waals surface area contributed by atoms with E-state index in [1.54, 1.807) is 36.5 Å². The number of imidazole rings is 1. The normalized spacial score (nSPS) is 11.2. The molecular formula is C20H22N4O3S. The van der Waals surface area contributed by atoms with Gasteiger partial charge in [-0.3, -0.25) is 9.10 Å². The Morgan fingerprint density at radius 1 is 1.11 bits per heavy atom. The maximum absolute atomic E-state index is 12.5. The Kier molecular flexibility index (Phi) is 5.79. The van der Waals surface area contributed by atoms with Gasteiger partial charge in [0.2, 0.25) is 15.9 Å². The molecule has 146 valence electrons. The average Bonchev–Trinajstić information content (AvgIpc) is 3.10. The van der Waals surface area contributed by atoms with Crippen molar-refractivity contribution in [2.75, 3.05) is 17.1 Å². The molecule has 1 aromatic heterocycles. The monoisotopic (exact) mass is 398 g/mol. The van der Waals surface area contributed by atoms with Gasteiger partial charge in [-0.05, 0) is 30.7 Å². The molecule has 28 heavy (non-hydrogen) atoms. The highest BCUT2D eigenvalue weighted by Crippen LogP contribution is 2.17. The summed E-state index contributed by atoms with van der Waals surface area (Å²) in [5.74, 6) is 0.456. The fourth-order valence-electron chi connectivity index (χ4n) is 2.90. The number of rotatable bonds is 7. The number of para-hydroxylation sites is 2. The lowest BCUT2D eigenvalue weighted by molar-refractivity contribution is -0.119. The summed E-state index contributed by atoms with van der Waals surface area (Å²) in [6.07, 6.45) is 4.66. The van der Waals surface area contributed by atoms with Crippen molar-refractivity contribution in [1.29, 1.82) is 0 Å². The molecule has 2 aromatic carbocycles. The molecule has 1 heterocycles. The molecule has 7 nitrogen and oxygen atoms in total. The summed E-state index contributed by atoms with van der Waals surface area (Å²) in [5.41, 5.74) is 2.28. The first-order chi connectivity index (χ1) is 13.4. The van der Waals surface area contributed by atoms with Gasteiger partial charge in [0.25, 0.3) is 0 Å². The fourth-order valence-corrected chi connectivity index (χ4v) is 3.76. The molecule has 0 fully saturated rings. The van der Waals surface area contributed by atoms with Crippen molar-refractivity contribution in [2.45, 2.75) is 13.5 Å². The van der Waals surface area contributed by atoms with Gasteiger partial charge in [0.05, 0.1) is 17.6 Å². The van der Waals surface area contributed by atoms with Gasteiger partial charge in [-0.1, -0.05) is 36.4 Å². The summed E-state index contributed by atoms with van der Waals surface area (Å²) in [7, 11) is -3.59. The number of hydrogen-bond acceptors (Lipinski definition) is 4. The quantitative estimate of drug-likeness (QED) is 0.662. The second-order valence-electron chi connectivity index (χ2n) is 6.36. The van der Waals surface area contributed by atoms with Crippen LogP contribution in [-0.4, -0.2) is 36.7 Å². The van der Waals surface area contributed by atoms with Crippen LogP contribution in [-0.2, 0) is 21.4 Å². The lowest BCUT2D eigenvalue weighted by Crippen LogP contribution is -2.40. The van der Waals surface area contributed by atoms with E-state index in [1.165, 1.54) is 0 Å². The van der Waals surface area contributed by atoms with Crippen LogP contribution < -0.4 is 9.62 Å². The lowest BCUT2D eigenvalue weighted by atomic mass is 10.1. The number of aromatic nitrogens is 2. The standard InChI is InChI=1S/C20H22N4O3S/c1-16-21-12-13-23(16)19-11-7-6-8-17(19)14-22-20(25)15-24(28(2,26)27)18-9-4-3-5-10-18/h3-13H,14-15H2,1-2H3,(H,22,25). The van der Waals surface area contributed by atoms with Crippen molar-refractivity contribution in [3.8, 4) is 5.69 Å². The molecule has 8 heteroatoms. The van der Waals surface area contributed by atoms with E-state index in [2.05, 4.69) is 10.3 Å². The van der Waals surface area contributed by atoms with E-state index in [0.29, 0.717) is 5.69 Å². The number of hydrogen-bond donors (Lipinski definition) is 1. The molecule has 1 N–H and O–H groups in total. The molecule has 0 aliphatic rings. The Morgan fingerprint density at radius 2 is 1.79 bits per heavy atom. The molecule has 0 aliphatic carbocycles. The maximum atomic E-state index is 12.5. The molecule has 3 rings (SSSR count). The van der Waals surface area contributed by atoms with E-state index in [-0.39, 0.29) is 19.0 Å². The Labute approximate surface area is 164 Å². The maximum Gasteiger partial charge on any atom is 0.241 e. The highest BCUT2D eigenvalue weighted by atomic mass is 32.2. The number of nitrogens with zero attached hydrogens (tertiary/aromatic N) is 3. The molecule has 0 saturated carbocycles. The predicted octanol–water partition coefficient (Wildman–Crippen LogP) is 2.26. The number of nitrogens with one attached hydrogen (secondary N) is 1.